The average Bonchev–Trinajstić information content (AvgIpc) is 2.64. The first-order chi connectivity index (χ1) is 11.6. The van der Waals surface area contributed by atoms with Crippen LogP contribution in [0, 0.1) is 0 Å². The van der Waals surface area contributed by atoms with Gasteiger partial charge in [0.15, 0.2) is 0 Å². The van der Waals surface area contributed by atoms with E-state index in [0.29, 0.717) is 5.92 Å². The third-order valence-electron chi connectivity index (χ3n) is 5.04. The number of fused-ring (bicyclic) bond motifs is 1. The van der Waals surface area contributed by atoms with Crippen LogP contribution >= 0.6 is 11.8 Å². The van der Waals surface area contributed by atoms with Crippen LogP contribution in [0.15, 0.2) is 60.0 Å². The van der Waals surface area contributed by atoms with Crippen molar-refractivity contribution in [1.82, 2.24) is 0 Å². The number of hydrogen-bond acceptors (Lipinski definition) is 3. The summed E-state index contributed by atoms with van der Waals surface area (Å²) >= 11 is 1.91. The largest absolute Gasteiger partial charge is 0.497 e. The summed E-state index contributed by atoms with van der Waals surface area (Å²) in [6, 6.07) is 14.9. The van der Waals surface area contributed by atoms with Gasteiger partial charge in [-0.05, 0) is 47.7 Å². The molecule has 3 heteroatoms. The van der Waals surface area contributed by atoms with E-state index in [1.807, 2.05) is 17.8 Å². The van der Waals surface area contributed by atoms with Crippen LogP contribution in [-0.2, 0) is 5.41 Å². The minimum absolute atomic E-state index is 0.0622. The molecule has 126 valence electrons. The Balaban J connectivity index is 2.04. The van der Waals surface area contributed by atoms with Gasteiger partial charge in [-0.2, -0.15) is 0 Å². The maximum Gasteiger partial charge on any atom is 0.119 e. The van der Waals surface area contributed by atoms with Gasteiger partial charge < -0.3 is 9.47 Å². The molecular weight excluding hydrogens is 316 g/mol. The van der Waals surface area contributed by atoms with Crippen molar-refractivity contribution in [3.05, 3.63) is 66.2 Å². The predicted octanol–water partition coefficient (Wildman–Crippen LogP) is 5.43. The van der Waals surface area contributed by atoms with Crippen LogP contribution in [-0.4, -0.2) is 20.0 Å². The zero-order chi connectivity index (χ0) is 17.2. The monoisotopic (exact) mass is 340 g/mol. The van der Waals surface area contributed by atoms with Gasteiger partial charge in [0.2, 0.25) is 0 Å². The highest BCUT2D eigenvalue weighted by Gasteiger charge is 2.40. The van der Waals surface area contributed by atoms with Crippen LogP contribution < -0.4 is 9.47 Å². The molecule has 0 radical (unpaired) electrons. The van der Waals surface area contributed by atoms with E-state index in [0.717, 1.165) is 23.7 Å². The Bertz CT molecular complexity index is 723. The van der Waals surface area contributed by atoms with E-state index < -0.39 is 0 Å². The van der Waals surface area contributed by atoms with Crippen molar-refractivity contribution in [2.45, 2.75) is 29.6 Å². The molecule has 2 nitrogen and oxygen atoms in total. The summed E-state index contributed by atoms with van der Waals surface area (Å²) in [4.78, 5) is 1.33. The summed E-state index contributed by atoms with van der Waals surface area (Å²) in [5.41, 5.74) is 2.81. The number of ether oxygens (including phenoxy) is 2. The van der Waals surface area contributed by atoms with E-state index >= 15 is 0 Å². The van der Waals surface area contributed by atoms with E-state index in [-0.39, 0.29) is 5.41 Å². The number of benzene rings is 2. The van der Waals surface area contributed by atoms with Crippen molar-refractivity contribution in [2.75, 3.05) is 20.0 Å². The molecule has 0 N–H and O–H groups in total. The maximum atomic E-state index is 5.39. The summed E-state index contributed by atoms with van der Waals surface area (Å²) in [5.74, 6) is 3.27. The fourth-order valence-electron chi connectivity index (χ4n) is 3.54. The Morgan fingerprint density at radius 1 is 1.12 bits per heavy atom. The van der Waals surface area contributed by atoms with Gasteiger partial charge in [-0.15, -0.1) is 18.3 Å². The Hall–Kier alpha value is -1.87. The number of hydrogen-bond donors (Lipinski definition) is 0. The Morgan fingerprint density at radius 2 is 1.79 bits per heavy atom. The van der Waals surface area contributed by atoms with E-state index in [9.17, 15) is 0 Å². The zero-order valence-electron chi connectivity index (χ0n) is 14.5. The molecule has 0 bridgehead atoms. The van der Waals surface area contributed by atoms with Crippen molar-refractivity contribution in [3.8, 4) is 11.5 Å². The van der Waals surface area contributed by atoms with Gasteiger partial charge in [0.25, 0.3) is 0 Å². The highest BCUT2D eigenvalue weighted by molar-refractivity contribution is 7.99. The van der Waals surface area contributed by atoms with E-state index in [1.165, 1.54) is 16.0 Å². The summed E-state index contributed by atoms with van der Waals surface area (Å²) in [7, 11) is 3.43. The molecule has 2 aromatic rings. The SMILES string of the molecule is C=CCC1c2ccc(OC)cc2SCC1(C)c1ccc(OC)cc1. The Kier molecular flexibility index (Phi) is 4.91. The summed E-state index contributed by atoms with van der Waals surface area (Å²) in [5, 5.41) is 0. The number of methoxy groups -OCH3 is 2. The second-order valence-corrected chi connectivity index (χ2v) is 7.43. The maximum absolute atomic E-state index is 5.39. The molecule has 0 spiro atoms. The van der Waals surface area contributed by atoms with Gasteiger partial charge in [-0.3, -0.25) is 0 Å². The fraction of sp³-hybridized carbons (Fsp3) is 0.333. The predicted molar refractivity (Wildman–Crippen MR) is 102 cm³/mol. The number of allylic oxidation sites excluding steroid dienone is 1. The first kappa shape index (κ1) is 17.0. The minimum atomic E-state index is 0.0622. The molecule has 2 atom stereocenters. The standard InChI is InChI=1S/C21H24O2S/c1-5-6-19-18-12-11-17(23-4)13-20(18)24-14-21(19,2)15-7-9-16(22-3)10-8-15/h5,7-13,19H,1,6,14H2,2-4H3. The molecule has 1 aliphatic rings. The van der Waals surface area contributed by atoms with Gasteiger partial charge >= 0.3 is 0 Å². The number of rotatable bonds is 5. The Labute approximate surface area is 148 Å². The normalized spacial score (nSPS) is 22.5. The molecule has 1 heterocycles. The summed E-state index contributed by atoms with van der Waals surface area (Å²) < 4.78 is 10.7. The second-order valence-electron chi connectivity index (χ2n) is 6.42. The van der Waals surface area contributed by atoms with E-state index in [4.69, 9.17) is 9.47 Å². The van der Waals surface area contributed by atoms with Crippen molar-refractivity contribution in [1.29, 1.82) is 0 Å². The lowest BCUT2D eigenvalue weighted by Gasteiger charge is -2.42. The van der Waals surface area contributed by atoms with Gasteiger partial charge in [-0.1, -0.05) is 31.2 Å². The molecule has 2 aromatic carbocycles. The van der Waals surface area contributed by atoms with Crippen molar-refractivity contribution in [3.63, 3.8) is 0 Å². The summed E-state index contributed by atoms with van der Waals surface area (Å²) in [6.07, 6.45) is 3.00. The van der Waals surface area contributed by atoms with Crippen LogP contribution in [0.4, 0.5) is 0 Å². The molecule has 0 saturated carbocycles. The first-order valence-electron chi connectivity index (χ1n) is 8.18. The lowest BCUT2D eigenvalue weighted by Crippen LogP contribution is -2.36. The second kappa shape index (κ2) is 6.94. The topological polar surface area (TPSA) is 18.5 Å². The van der Waals surface area contributed by atoms with Crippen molar-refractivity contribution >= 4 is 11.8 Å². The van der Waals surface area contributed by atoms with Gasteiger partial charge in [-0.25, -0.2) is 0 Å². The van der Waals surface area contributed by atoms with E-state index in [2.05, 4.69) is 56.0 Å². The highest BCUT2D eigenvalue weighted by atomic mass is 32.2. The molecule has 1 aliphatic heterocycles. The van der Waals surface area contributed by atoms with Crippen LogP contribution in [0.25, 0.3) is 0 Å². The van der Waals surface area contributed by atoms with Gasteiger partial charge in [0.1, 0.15) is 11.5 Å². The van der Waals surface area contributed by atoms with Crippen molar-refractivity contribution in [2.24, 2.45) is 0 Å². The molecule has 24 heavy (non-hydrogen) atoms. The van der Waals surface area contributed by atoms with Crippen molar-refractivity contribution < 1.29 is 9.47 Å². The molecule has 0 amide bonds. The van der Waals surface area contributed by atoms with Gasteiger partial charge in [0, 0.05) is 16.1 Å². The molecule has 0 saturated heterocycles. The van der Waals surface area contributed by atoms with Crippen LogP contribution in [0.1, 0.15) is 30.4 Å². The third-order valence-corrected chi connectivity index (χ3v) is 6.45. The lowest BCUT2D eigenvalue weighted by atomic mass is 9.68. The van der Waals surface area contributed by atoms with Crippen LogP contribution in [0.2, 0.25) is 0 Å². The molecule has 3 rings (SSSR count). The fourth-order valence-corrected chi connectivity index (χ4v) is 4.94. The molecule has 2 unspecified atom stereocenters. The highest BCUT2D eigenvalue weighted by Crippen LogP contribution is 2.52. The molecule has 0 fully saturated rings. The number of thioether (sulfide) groups is 1. The van der Waals surface area contributed by atoms with E-state index in [1.54, 1.807) is 14.2 Å². The first-order valence-corrected chi connectivity index (χ1v) is 9.17. The quantitative estimate of drug-likeness (QED) is 0.676. The minimum Gasteiger partial charge on any atom is -0.497 e. The summed E-state index contributed by atoms with van der Waals surface area (Å²) in [6.45, 7) is 6.36. The lowest BCUT2D eigenvalue weighted by molar-refractivity contribution is 0.397. The molecule has 0 aliphatic carbocycles. The van der Waals surface area contributed by atoms with Crippen LogP contribution in [0.3, 0.4) is 0 Å². The zero-order valence-corrected chi connectivity index (χ0v) is 15.4. The molecular formula is C21H24O2S. The van der Waals surface area contributed by atoms with Crippen LogP contribution in [0.5, 0.6) is 11.5 Å². The third kappa shape index (κ3) is 2.93. The average molecular weight is 340 g/mol. The Morgan fingerprint density at radius 3 is 2.42 bits per heavy atom. The molecule has 0 aromatic heterocycles. The van der Waals surface area contributed by atoms with Gasteiger partial charge in [0.05, 0.1) is 14.2 Å². The smallest absolute Gasteiger partial charge is 0.119 e.